The lowest BCUT2D eigenvalue weighted by molar-refractivity contribution is -0.146. The summed E-state index contributed by atoms with van der Waals surface area (Å²) < 4.78 is 0. The smallest absolute Gasteiger partial charge is 0.228 e. The zero-order valence-electron chi connectivity index (χ0n) is 13.1. The zero-order chi connectivity index (χ0) is 15.0. The van der Waals surface area contributed by atoms with Crippen molar-refractivity contribution in [3.05, 3.63) is 48.0 Å². The van der Waals surface area contributed by atoms with E-state index in [9.17, 15) is 4.79 Å². The molecule has 1 fully saturated rings. The summed E-state index contributed by atoms with van der Waals surface area (Å²) in [5.74, 6) is 0.286. The molecule has 1 atom stereocenters. The molecule has 0 aromatic heterocycles. The Morgan fingerprint density at radius 3 is 2.43 bits per heavy atom. The topological polar surface area (TPSA) is 20.3 Å². The van der Waals surface area contributed by atoms with Crippen molar-refractivity contribution in [1.82, 2.24) is 4.90 Å². The Hall–Kier alpha value is -1.83. The Morgan fingerprint density at radius 1 is 1.14 bits per heavy atom. The Kier molecular flexibility index (Phi) is 3.48. The molecular weight excluding hydrogens is 258 g/mol. The van der Waals surface area contributed by atoms with Gasteiger partial charge in [0.25, 0.3) is 0 Å². The van der Waals surface area contributed by atoms with Crippen LogP contribution in [0.5, 0.6) is 0 Å². The molecule has 1 saturated carbocycles. The maximum atomic E-state index is 12.7. The quantitative estimate of drug-likeness (QED) is 0.808. The first kappa shape index (κ1) is 14.1. The third-order valence-electron chi connectivity index (χ3n) is 5.13. The molecule has 0 radical (unpaired) electrons. The van der Waals surface area contributed by atoms with Crippen LogP contribution in [0.1, 0.15) is 44.7 Å². The molecule has 2 aromatic carbocycles. The van der Waals surface area contributed by atoms with E-state index in [0.717, 1.165) is 12.8 Å². The van der Waals surface area contributed by atoms with Crippen LogP contribution in [-0.4, -0.2) is 17.9 Å². The second-order valence-corrected chi connectivity index (χ2v) is 6.61. The molecule has 2 aromatic rings. The second-order valence-electron chi connectivity index (χ2n) is 6.61. The van der Waals surface area contributed by atoms with Gasteiger partial charge in [0, 0.05) is 12.5 Å². The minimum absolute atomic E-state index is 0.111. The van der Waals surface area contributed by atoms with Gasteiger partial charge in [-0.2, -0.15) is 0 Å². The van der Waals surface area contributed by atoms with Gasteiger partial charge in [-0.25, -0.2) is 0 Å². The minimum Gasteiger partial charge on any atom is -0.339 e. The standard InChI is InChI=1S/C19H23NO/c1-14(20(3)18(21)19(2)11-6-12-19)16-10-9-15-7-4-5-8-17(15)13-16/h4-5,7-10,13-14H,6,11-12H2,1-3H3. The van der Waals surface area contributed by atoms with Gasteiger partial charge < -0.3 is 4.90 Å². The Bertz CT molecular complexity index is 672. The lowest BCUT2D eigenvalue weighted by Gasteiger charge is -2.41. The van der Waals surface area contributed by atoms with Crippen LogP contribution in [0, 0.1) is 5.41 Å². The number of fused-ring (bicyclic) bond motifs is 1. The predicted molar refractivity (Wildman–Crippen MR) is 87.1 cm³/mol. The van der Waals surface area contributed by atoms with E-state index in [1.807, 2.05) is 11.9 Å². The number of amides is 1. The fourth-order valence-corrected chi connectivity index (χ4v) is 3.21. The number of hydrogen-bond acceptors (Lipinski definition) is 1. The van der Waals surface area contributed by atoms with E-state index in [0.29, 0.717) is 0 Å². The Balaban J connectivity index is 1.85. The lowest BCUT2D eigenvalue weighted by atomic mass is 9.69. The van der Waals surface area contributed by atoms with E-state index in [1.165, 1.54) is 22.8 Å². The summed E-state index contributed by atoms with van der Waals surface area (Å²) in [6.45, 7) is 4.21. The Morgan fingerprint density at radius 2 is 1.81 bits per heavy atom. The third kappa shape index (κ3) is 2.44. The van der Waals surface area contributed by atoms with Crippen LogP contribution in [0.2, 0.25) is 0 Å². The summed E-state index contributed by atoms with van der Waals surface area (Å²) in [6.07, 6.45) is 3.24. The highest BCUT2D eigenvalue weighted by Crippen LogP contribution is 2.42. The van der Waals surface area contributed by atoms with Gasteiger partial charge in [0.05, 0.1) is 6.04 Å². The monoisotopic (exact) mass is 281 g/mol. The van der Waals surface area contributed by atoms with E-state index < -0.39 is 0 Å². The largest absolute Gasteiger partial charge is 0.339 e. The number of carbonyl (C=O) groups excluding carboxylic acids is 1. The number of carbonyl (C=O) groups is 1. The third-order valence-corrected chi connectivity index (χ3v) is 5.13. The maximum absolute atomic E-state index is 12.7. The number of benzene rings is 2. The van der Waals surface area contributed by atoms with Crippen molar-refractivity contribution in [3.8, 4) is 0 Å². The van der Waals surface area contributed by atoms with Gasteiger partial charge in [-0.3, -0.25) is 4.79 Å². The van der Waals surface area contributed by atoms with Crippen LogP contribution in [0.4, 0.5) is 0 Å². The highest BCUT2D eigenvalue weighted by atomic mass is 16.2. The maximum Gasteiger partial charge on any atom is 0.228 e. The summed E-state index contributed by atoms with van der Waals surface area (Å²) in [6, 6.07) is 14.9. The van der Waals surface area contributed by atoms with Crippen LogP contribution < -0.4 is 0 Å². The van der Waals surface area contributed by atoms with Gasteiger partial charge in [0.1, 0.15) is 0 Å². The average Bonchev–Trinajstić information content (AvgIpc) is 2.50. The van der Waals surface area contributed by atoms with E-state index in [-0.39, 0.29) is 17.4 Å². The van der Waals surface area contributed by atoms with Crippen molar-refractivity contribution in [3.63, 3.8) is 0 Å². The molecular formula is C19H23NO. The van der Waals surface area contributed by atoms with Crippen molar-refractivity contribution in [1.29, 1.82) is 0 Å². The molecule has 1 amide bonds. The normalized spacial score (nSPS) is 18.0. The average molecular weight is 281 g/mol. The van der Waals surface area contributed by atoms with Gasteiger partial charge in [0.2, 0.25) is 5.91 Å². The minimum atomic E-state index is -0.125. The molecule has 3 rings (SSSR count). The van der Waals surface area contributed by atoms with Gasteiger partial charge in [-0.15, -0.1) is 0 Å². The van der Waals surface area contributed by atoms with Gasteiger partial charge >= 0.3 is 0 Å². The first-order chi connectivity index (χ1) is 10.0. The molecule has 0 heterocycles. The molecule has 0 aliphatic heterocycles. The van der Waals surface area contributed by atoms with Gasteiger partial charge in [-0.1, -0.05) is 49.7 Å². The molecule has 110 valence electrons. The fraction of sp³-hybridized carbons (Fsp3) is 0.421. The van der Waals surface area contributed by atoms with Gasteiger partial charge in [0.15, 0.2) is 0 Å². The summed E-state index contributed by atoms with van der Waals surface area (Å²) in [5.41, 5.74) is 1.08. The van der Waals surface area contributed by atoms with Crippen LogP contribution in [-0.2, 0) is 4.79 Å². The fourth-order valence-electron chi connectivity index (χ4n) is 3.21. The van der Waals surface area contributed by atoms with E-state index in [4.69, 9.17) is 0 Å². The highest BCUT2D eigenvalue weighted by Gasteiger charge is 2.41. The van der Waals surface area contributed by atoms with Crippen molar-refractivity contribution >= 4 is 16.7 Å². The molecule has 2 nitrogen and oxygen atoms in total. The Labute approximate surface area is 126 Å². The first-order valence-electron chi connectivity index (χ1n) is 7.77. The number of rotatable bonds is 3. The van der Waals surface area contributed by atoms with E-state index in [1.54, 1.807) is 0 Å². The van der Waals surface area contributed by atoms with E-state index in [2.05, 4.69) is 56.3 Å². The number of hydrogen-bond donors (Lipinski definition) is 0. The molecule has 1 aliphatic carbocycles. The SMILES string of the molecule is CC(c1ccc2ccccc2c1)N(C)C(=O)C1(C)CCC1. The van der Waals surface area contributed by atoms with E-state index >= 15 is 0 Å². The molecule has 0 N–H and O–H groups in total. The molecule has 0 spiro atoms. The molecule has 0 bridgehead atoms. The highest BCUT2D eigenvalue weighted by molar-refractivity contribution is 5.85. The number of nitrogens with zero attached hydrogens (tertiary/aromatic N) is 1. The van der Waals surface area contributed by atoms with Crippen LogP contribution >= 0.6 is 0 Å². The molecule has 1 aliphatic rings. The molecule has 1 unspecified atom stereocenters. The summed E-state index contributed by atoms with van der Waals surface area (Å²) in [5, 5.41) is 2.48. The lowest BCUT2D eigenvalue weighted by Crippen LogP contribution is -2.45. The van der Waals surface area contributed by atoms with Crippen molar-refractivity contribution in [2.75, 3.05) is 7.05 Å². The van der Waals surface area contributed by atoms with Crippen molar-refractivity contribution in [2.45, 2.75) is 39.2 Å². The molecule has 2 heteroatoms. The van der Waals surface area contributed by atoms with Gasteiger partial charge in [-0.05, 0) is 42.2 Å². The predicted octanol–water partition coefficient (Wildman–Crippen LogP) is 4.55. The molecule has 0 saturated heterocycles. The first-order valence-corrected chi connectivity index (χ1v) is 7.77. The molecule has 21 heavy (non-hydrogen) atoms. The summed E-state index contributed by atoms with van der Waals surface area (Å²) in [7, 11) is 1.94. The second kappa shape index (κ2) is 5.18. The van der Waals surface area contributed by atoms with Crippen molar-refractivity contribution < 1.29 is 4.79 Å². The zero-order valence-corrected chi connectivity index (χ0v) is 13.1. The van der Waals surface area contributed by atoms with Crippen LogP contribution in [0.15, 0.2) is 42.5 Å². The van der Waals surface area contributed by atoms with Crippen molar-refractivity contribution in [2.24, 2.45) is 5.41 Å². The van der Waals surface area contributed by atoms with Crippen LogP contribution in [0.25, 0.3) is 10.8 Å². The summed E-state index contributed by atoms with van der Waals surface area (Å²) >= 11 is 0. The summed E-state index contributed by atoms with van der Waals surface area (Å²) in [4.78, 5) is 14.6. The van der Waals surface area contributed by atoms with Crippen LogP contribution in [0.3, 0.4) is 0 Å².